The summed E-state index contributed by atoms with van der Waals surface area (Å²) in [7, 11) is 1.55. The maximum atomic E-state index is 13.6. The molecule has 1 nitrogen and oxygen atoms in total. The molecule has 0 bridgehead atoms. The summed E-state index contributed by atoms with van der Waals surface area (Å²) in [6.45, 7) is 0. The van der Waals surface area contributed by atoms with Gasteiger partial charge in [-0.15, -0.1) is 11.6 Å². The van der Waals surface area contributed by atoms with Crippen molar-refractivity contribution in [2.24, 2.45) is 0 Å². The van der Waals surface area contributed by atoms with Gasteiger partial charge in [-0.2, -0.15) is 0 Å². The smallest absolute Gasteiger partial charge is 0.162 e. The van der Waals surface area contributed by atoms with Crippen molar-refractivity contribution in [2.45, 2.75) is 11.8 Å². The van der Waals surface area contributed by atoms with Crippen LogP contribution in [0.3, 0.4) is 0 Å². The van der Waals surface area contributed by atoms with E-state index < -0.39 is 17.0 Å². The number of hydrogen-bond acceptors (Lipinski definition) is 1. The normalized spacial score (nSPS) is 12.2. The highest BCUT2D eigenvalue weighted by Crippen LogP contribution is 2.32. The number of halogens is 3. The number of ether oxygens (including phenoxy) is 1. The molecule has 0 saturated carbocycles. The van der Waals surface area contributed by atoms with E-state index in [2.05, 4.69) is 0 Å². The molecule has 2 rings (SSSR count). The zero-order valence-electron chi connectivity index (χ0n) is 10.4. The van der Waals surface area contributed by atoms with Gasteiger partial charge in [-0.1, -0.05) is 30.3 Å². The van der Waals surface area contributed by atoms with Gasteiger partial charge >= 0.3 is 0 Å². The summed E-state index contributed by atoms with van der Waals surface area (Å²) < 4.78 is 31.9. The zero-order valence-corrected chi connectivity index (χ0v) is 11.1. The molecule has 100 valence electrons. The first-order chi connectivity index (χ1) is 9.13. The molecular weight excluding hydrogens is 270 g/mol. The maximum Gasteiger partial charge on any atom is 0.162 e. The fourth-order valence-corrected chi connectivity index (χ4v) is 2.28. The fraction of sp³-hybridized carbons (Fsp3) is 0.200. The summed E-state index contributed by atoms with van der Waals surface area (Å²) in [5.74, 6) is -1.07. The van der Waals surface area contributed by atoms with Crippen LogP contribution in [0.15, 0.2) is 42.5 Å². The minimum atomic E-state index is -0.860. The van der Waals surface area contributed by atoms with E-state index >= 15 is 0 Å². The molecule has 0 aliphatic rings. The second kappa shape index (κ2) is 6.02. The lowest BCUT2D eigenvalue weighted by molar-refractivity contribution is 0.409. The zero-order chi connectivity index (χ0) is 13.8. The standard InChI is InChI=1S/C15H13ClF2O/c1-19-14-8-3-2-6-11(14)12(16)9-10-5-4-7-13(17)15(10)18/h2-8,12H,9H2,1H3. The van der Waals surface area contributed by atoms with E-state index in [1.165, 1.54) is 12.1 Å². The van der Waals surface area contributed by atoms with Crippen LogP contribution in [-0.2, 0) is 6.42 Å². The lowest BCUT2D eigenvalue weighted by Gasteiger charge is -2.14. The average molecular weight is 283 g/mol. The average Bonchev–Trinajstić information content (AvgIpc) is 2.43. The molecule has 0 N–H and O–H groups in total. The minimum absolute atomic E-state index is 0.200. The number of rotatable bonds is 4. The van der Waals surface area contributed by atoms with E-state index in [1.807, 2.05) is 18.2 Å². The third kappa shape index (κ3) is 3.04. The van der Waals surface area contributed by atoms with Gasteiger partial charge in [0.15, 0.2) is 11.6 Å². The van der Waals surface area contributed by atoms with Crippen molar-refractivity contribution in [3.8, 4) is 5.75 Å². The predicted molar refractivity (Wildman–Crippen MR) is 71.7 cm³/mol. The van der Waals surface area contributed by atoms with Crippen LogP contribution >= 0.6 is 11.6 Å². The molecule has 1 atom stereocenters. The van der Waals surface area contributed by atoms with Crippen molar-refractivity contribution < 1.29 is 13.5 Å². The van der Waals surface area contributed by atoms with E-state index in [-0.39, 0.29) is 12.0 Å². The fourth-order valence-electron chi connectivity index (χ4n) is 1.93. The molecule has 2 aromatic carbocycles. The minimum Gasteiger partial charge on any atom is -0.496 e. The second-order valence-electron chi connectivity index (χ2n) is 4.13. The van der Waals surface area contributed by atoms with Crippen LogP contribution in [-0.4, -0.2) is 7.11 Å². The molecule has 19 heavy (non-hydrogen) atoms. The molecule has 1 unspecified atom stereocenters. The molecule has 0 aromatic heterocycles. The van der Waals surface area contributed by atoms with Crippen molar-refractivity contribution >= 4 is 11.6 Å². The van der Waals surface area contributed by atoms with Gasteiger partial charge in [0.2, 0.25) is 0 Å². The Hall–Kier alpha value is -1.61. The summed E-state index contributed by atoms with van der Waals surface area (Å²) in [6, 6.07) is 11.3. The second-order valence-corrected chi connectivity index (χ2v) is 4.65. The molecule has 0 heterocycles. The van der Waals surface area contributed by atoms with Gasteiger partial charge < -0.3 is 4.74 Å². The first-order valence-electron chi connectivity index (χ1n) is 5.83. The summed E-state index contributed by atoms with van der Waals surface area (Å²) >= 11 is 6.28. The van der Waals surface area contributed by atoms with Crippen molar-refractivity contribution in [1.82, 2.24) is 0 Å². The van der Waals surface area contributed by atoms with Crippen LogP contribution in [0.5, 0.6) is 5.75 Å². The molecule has 0 aliphatic heterocycles. The number of methoxy groups -OCH3 is 1. The summed E-state index contributed by atoms with van der Waals surface area (Å²) in [5, 5.41) is -0.479. The Labute approximate surface area is 115 Å². The molecule has 0 saturated heterocycles. The van der Waals surface area contributed by atoms with E-state index in [1.54, 1.807) is 13.2 Å². The van der Waals surface area contributed by atoms with Crippen molar-refractivity contribution in [3.05, 3.63) is 65.2 Å². The molecule has 0 aliphatic carbocycles. The van der Waals surface area contributed by atoms with E-state index in [4.69, 9.17) is 16.3 Å². The quantitative estimate of drug-likeness (QED) is 0.751. The van der Waals surface area contributed by atoms with Gasteiger partial charge in [-0.3, -0.25) is 0 Å². The maximum absolute atomic E-state index is 13.6. The Morgan fingerprint density at radius 2 is 1.84 bits per heavy atom. The Bertz CT molecular complexity index is 572. The largest absolute Gasteiger partial charge is 0.496 e. The molecule has 0 radical (unpaired) electrons. The highest BCUT2D eigenvalue weighted by atomic mass is 35.5. The van der Waals surface area contributed by atoms with E-state index in [0.29, 0.717) is 5.75 Å². The molecule has 2 aromatic rings. The number of para-hydroxylation sites is 1. The molecule has 0 amide bonds. The highest BCUT2D eigenvalue weighted by Gasteiger charge is 2.17. The topological polar surface area (TPSA) is 9.23 Å². The predicted octanol–water partition coefficient (Wildman–Crippen LogP) is 4.50. The van der Waals surface area contributed by atoms with Gasteiger partial charge in [0.1, 0.15) is 5.75 Å². The van der Waals surface area contributed by atoms with Crippen LogP contribution < -0.4 is 4.74 Å². The van der Waals surface area contributed by atoms with E-state index in [9.17, 15) is 8.78 Å². The van der Waals surface area contributed by atoms with Gasteiger partial charge in [0.05, 0.1) is 12.5 Å². The highest BCUT2D eigenvalue weighted by molar-refractivity contribution is 6.21. The first-order valence-corrected chi connectivity index (χ1v) is 6.27. The Kier molecular flexibility index (Phi) is 4.38. The molecule has 0 fully saturated rings. The first kappa shape index (κ1) is 13.8. The number of hydrogen-bond donors (Lipinski definition) is 0. The van der Waals surface area contributed by atoms with Crippen molar-refractivity contribution in [1.29, 1.82) is 0 Å². The summed E-state index contributed by atoms with van der Waals surface area (Å²) in [6.07, 6.45) is 0.200. The van der Waals surface area contributed by atoms with Crippen molar-refractivity contribution in [3.63, 3.8) is 0 Å². The van der Waals surface area contributed by atoms with Gasteiger partial charge in [-0.25, -0.2) is 8.78 Å². The van der Waals surface area contributed by atoms with Crippen LogP contribution in [0, 0.1) is 11.6 Å². The molecular formula is C15H13ClF2O. The van der Waals surface area contributed by atoms with E-state index in [0.717, 1.165) is 11.6 Å². The lowest BCUT2D eigenvalue weighted by Crippen LogP contribution is -2.02. The van der Waals surface area contributed by atoms with Crippen LogP contribution in [0.2, 0.25) is 0 Å². The summed E-state index contributed by atoms with van der Waals surface area (Å²) in [4.78, 5) is 0. The third-order valence-electron chi connectivity index (χ3n) is 2.91. The number of benzene rings is 2. The van der Waals surface area contributed by atoms with Gasteiger partial charge in [0, 0.05) is 5.56 Å². The lowest BCUT2D eigenvalue weighted by atomic mass is 10.0. The molecule has 0 spiro atoms. The SMILES string of the molecule is COc1ccccc1C(Cl)Cc1cccc(F)c1F. The van der Waals surface area contributed by atoms with Crippen LogP contribution in [0.1, 0.15) is 16.5 Å². The Balaban J connectivity index is 2.26. The monoisotopic (exact) mass is 282 g/mol. The number of alkyl halides is 1. The summed E-state index contributed by atoms with van der Waals surface area (Å²) in [5.41, 5.74) is 1.02. The van der Waals surface area contributed by atoms with Crippen LogP contribution in [0.4, 0.5) is 8.78 Å². The third-order valence-corrected chi connectivity index (χ3v) is 3.30. The van der Waals surface area contributed by atoms with Gasteiger partial charge in [-0.05, 0) is 24.1 Å². The van der Waals surface area contributed by atoms with Crippen molar-refractivity contribution in [2.75, 3.05) is 7.11 Å². The van der Waals surface area contributed by atoms with Crippen LogP contribution in [0.25, 0.3) is 0 Å². The molecule has 4 heteroatoms. The Morgan fingerprint density at radius 1 is 1.11 bits per heavy atom. The Morgan fingerprint density at radius 3 is 2.58 bits per heavy atom. The van der Waals surface area contributed by atoms with Gasteiger partial charge in [0.25, 0.3) is 0 Å².